The Morgan fingerprint density at radius 1 is 0.679 bits per heavy atom. The van der Waals surface area contributed by atoms with Crippen molar-refractivity contribution in [2.75, 3.05) is 0 Å². The molecule has 2 aromatic rings. The normalized spacial score (nSPS) is 18.7. The van der Waals surface area contributed by atoms with Crippen molar-refractivity contribution >= 4 is 5.57 Å². The van der Waals surface area contributed by atoms with E-state index < -0.39 is 0 Å². The molecular formula is C26H22FeO+2. The Bertz CT molecular complexity index is 751. The summed E-state index contributed by atoms with van der Waals surface area (Å²) in [4.78, 5) is 0. The number of rotatable bonds is 6. The van der Waals surface area contributed by atoms with Crippen LogP contribution in [0.3, 0.4) is 0 Å². The quantitative estimate of drug-likeness (QED) is 0.603. The van der Waals surface area contributed by atoms with Crippen LogP contribution in [-0.4, -0.2) is 5.11 Å². The number of phenols is 1. The number of hydrogen-bond acceptors (Lipinski definition) is 1. The van der Waals surface area contributed by atoms with Crippen LogP contribution in [0.2, 0.25) is 0 Å². The molecule has 2 aliphatic rings. The van der Waals surface area contributed by atoms with Crippen LogP contribution in [0.5, 0.6) is 5.75 Å². The van der Waals surface area contributed by atoms with Crippen molar-refractivity contribution in [1.29, 1.82) is 0 Å². The van der Waals surface area contributed by atoms with Crippen molar-refractivity contribution in [3.63, 3.8) is 0 Å². The van der Waals surface area contributed by atoms with Crippen LogP contribution < -0.4 is 0 Å². The van der Waals surface area contributed by atoms with Gasteiger partial charge in [-0.3, -0.25) is 0 Å². The third-order valence-corrected chi connectivity index (χ3v) is 4.93. The summed E-state index contributed by atoms with van der Waals surface area (Å²) >= 11 is 0. The molecule has 28 heavy (non-hydrogen) atoms. The number of hydrogen-bond donors (Lipinski definition) is 1. The SMILES string of the molecule is Oc1ccc(/C(=C(/CC[C]2[CH][CH][CH][CH]2)[C]2[CH][CH][CH][CH]2)c2ccccc2)cc1.[Fe+2]. The Balaban J connectivity index is 0.00000225. The molecule has 138 valence electrons. The van der Waals surface area contributed by atoms with Crippen LogP contribution in [0, 0.1) is 63.2 Å². The van der Waals surface area contributed by atoms with E-state index in [1.807, 2.05) is 18.2 Å². The molecule has 2 aliphatic carbocycles. The number of aromatic hydroxyl groups is 1. The molecule has 0 saturated heterocycles. The first-order chi connectivity index (χ1) is 13.3. The van der Waals surface area contributed by atoms with E-state index in [1.165, 1.54) is 28.5 Å². The second-order valence-corrected chi connectivity index (χ2v) is 6.73. The van der Waals surface area contributed by atoms with Gasteiger partial charge in [-0.2, -0.15) is 0 Å². The van der Waals surface area contributed by atoms with Crippen molar-refractivity contribution < 1.29 is 22.2 Å². The van der Waals surface area contributed by atoms with Gasteiger partial charge in [0.2, 0.25) is 0 Å². The second-order valence-electron chi connectivity index (χ2n) is 6.73. The third-order valence-electron chi connectivity index (χ3n) is 4.93. The molecule has 0 spiro atoms. The van der Waals surface area contributed by atoms with E-state index in [9.17, 15) is 5.11 Å². The standard InChI is InChI=1S/C26H22O.Fe/c27-24-17-15-23(16-18-24)26(22-12-2-1-3-13-22)25(21-10-6-7-11-21)19-14-20-8-4-5-9-20;/h1-13,15-18,27H,14,19H2;/q;+2/b26-25-;. The van der Waals surface area contributed by atoms with Gasteiger partial charge in [-0.25, -0.2) is 0 Å². The molecule has 4 rings (SSSR count). The number of benzene rings is 2. The van der Waals surface area contributed by atoms with E-state index in [4.69, 9.17) is 0 Å². The molecule has 1 N–H and O–H groups in total. The zero-order valence-electron chi connectivity index (χ0n) is 15.5. The minimum atomic E-state index is 0. The molecule has 0 heterocycles. The average Bonchev–Trinajstić information content (AvgIpc) is 3.41. The summed E-state index contributed by atoms with van der Waals surface area (Å²) in [5.74, 6) is 2.91. The first kappa shape index (κ1) is 21.2. The molecular weight excluding hydrogens is 384 g/mol. The molecule has 0 atom stereocenters. The number of allylic oxidation sites excluding steroid dienone is 1. The zero-order valence-corrected chi connectivity index (χ0v) is 16.6. The summed E-state index contributed by atoms with van der Waals surface area (Å²) in [7, 11) is 0. The Hall–Kier alpha value is -1.50. The summed E-state index contributed by atoms with van der Waals surface area (Å²) in [6.07, 6.45) is 19.1. The maximum Gasteiger partial charge on any atom is 2.00 e. The Labute approximate surface area is 180 Å². The Morgan fingerprint density at radius 2 is 1.25 bits per heavy atom. The fourth-order valence-corrected chi connectivity index (χ4v) is 3.59. The molecule has 10 radical (unpaired) electrons. The summed E-state index contributed by atoms with van der Waals surface area (Å²) in [5, 5.41) is 9.74. The van der Waals surface area contributed by atoms with Gasteiger partial charge in [0.1, 0.15) is 5.75 Å². The second kappa shape index (κ2) is 10.3. The maximum absolute atomic E-state index is 9.74. The molecule has 0 bridgehead atoms. The van der Waals surface area contributed by atoms with Crippen LogP contribution in [-0.2, 0) is 17.1 Å². The minimum absolute atomic E-state index is 0. The van der Waals surface area contributed by atoms with Crippen LogP contribution in [0.15, 0.2) is 60.2 Å². The molecule has 0 unspecified atom stereocenters. The summed E-state index contributed by atoms with van der Waals surface area (Å²) in [5.41, 5.74) is 4.88. The number of phenolic OH excluding ortho intramolecular Hbond substituents is 1. The molecule has 0 aliphatic heterocycles. The summed E-state index contributed by atoms with van der Waals surface area (Å²) in [6, 6.07) is 18.1. The van der Waals surface area contributed by atoms with Crippen molar-refractivity contribution in [3.05, 3.63) is 134 Å². The Kier molecular flexibility index (Phi) is 7.82. The van der Waals surface area contributed by atoms with Crippen molar-refractivity contribution in [2.24, 2.45) is 0 Å². The van der Waals surface area contributed by atoms with Crippen molar-refractivity contribution in [2.45, 2.75) is 12.8 Å². The fourth-order valence-electron chi connectivity index (χ4n) is 3.59. The largest absolute Gasteiger partial charge is 2.00 e. The molecule has 2 saturated carbocycles. The molecule has 0 amide bonds. The maximum atomic E-state index is 9.74. The van der Waals surface area contributed by atoms with Crippen LogP contribution >= 0.6 is 0 Å². The molecule has 2 aromatic carbocycles. The third kappa shape index (κ3) is 5.10. The fraction of sp³-hybridized carbons (Fsp3) is 0.0769. The van der Waals surface area contributed by atoms with Gasteiger partial charge in [-0.1, -0.05) is 48.0 Å². The van der Waals surface area contributed by atoms with E-state index in [0.29, 0.717) is 0 Å². The molecule has 2 fully saturated rings. The van der Waals surface area contributed by atoms with Gasteiger partial charge in [-0.05, 0) is 99.0 Å². The predicted octanol–water partition coefficient (Wildman–Crippen LogP) is 5.78. The smallest absolute Gasteiger partial charge is 0.508 e. The summed E-state index contributed by atoms with van der Waals surface area (Å²) < 4.78 is 0. The minimum Gasteiger partial charge on any atom is -0.508 e. The van der Waals surface area contributed by atoms with Gasteiger partial charge in [0.05, 0.1) is 0 Å². The van der Waals surface area contributed by atoms with E-state index in [-0.39, 0.29) is 22.8 Å². The van der Waals surface area contributed by atoms with Gasteiger partial charge < -0.3 is 5.11 Å². The Morgan fingerprint density at radius 3 is 1.89 bits per heavy atom. The van der Waals surface area contributed by atoms with Crippen molar-refractivity contribution in [1.82, 2.24) is 0 Å². The predicted molar refractivity (Wildman–Crippen MR) is 111 cm³/mol. The van der Waals surface area contributed by atoms with Gasteiger partial charge in [0, 0.05) is 5.92 Å². The van der Waals surface area contributed by atoms with E-state index in [2.05, 4.69) is 75.6 Å². The van der Waals surface area contributed by atoms with Crippen LogP contribution in [0.1, 0.15) is 24.0 Å². The van der Waals surface area contributed by atoms with Gasteiger partial charge in [0.25, 0.3) is 0 Å². The van der Waals surface area contributed by atoms with Crippen LogP contribution in [0.25, 0.3) is 5.57 Å². The van der Waals surface area contributed by atoms with E-state index >= 15 is 0 Å². The molecule has 2 heteroatoms. The zero-order chi connectivity index (χ0) is 18.5. The monoisotopic (exact) mass is 406 g/mol. The first-order valence-corrected chi connectivity index (χ1v) is 9.32. The molecule has 0 aromatic heterocycles. The van der Waals surface area contributed by atoms with E-state index in [1.54, 1.807) is 12.1 Å². The first-order valence-electron chi connectivity index (χ1n) is 9.32. The molecule has 1 nitrogen and oxygen atoms in total. The van der Waals surface area contributed by atoms with Gasteiger partial charge in [0.15, 0.2) is 0 Å². The van der Waals surface area contributed by atoms with Crippen molar-refractivity contribution in [3.8, 4) is 5.75 Å². The van der Waals surface area contributed by atoms with Crippen LogP contribution in [0.4, 0.5) is 0 Å². The van der Waals surface area contributed by atoms with Gasteiger partial charge >= 0.3 is 17.1 Å². The topological polar surface area (TPSA) is 20.2 Å². The summed E-state index contributed by atoms with van der Waals surface area (Å²) in [6.45, 7) is 0. The van der Waals surface area contributed by atoms with Gasteiger partial charge in [-0.15, -0.1) is 0 Å². The van der Waals surface area contributed by atoms with E-state index in [0.717, 1.165) is 18.4 Å². The average molecular weight is 406 g/mol.